The number of rotatable bonds is 4. The number of ether oxygens (including phenoxy) is 1. The summed E-state index contributed by atoms with van der Waals surface area (Å²) in [4.78, 5) is 20.9. The van der Waals surface area contributed by atoms with E-state index in [1.807, 2.05) is 0 Å². The van der Waals surface area contributed by atoms with Crippen molar-refractivity contribution in [3.05, 3.63) is 33.9 Å². The summed E-state index contributed by atoms with van der Waals surface area (Å²) in [5.41, 5.74) is -0.930. The van der Waals surface area contributed by atoms with Gasteiger partial charge >= 0.3 is 11.9 Å². The Morgan fingerprint density at radius 3 is 2.50 bits per heavy atom. The van der Waals surface area contributed by atoms with Gasteiger partial charge in [0.2, 0.25) is 5.75 Å². The van der Waals surface area contributed by atoms with Gasteiger partial charge in [0, 0.05) is 6.07 Å². The second-order valence-corrected chi connectivity index (χ2v) is 3.37. The number of halogens is 3. The van der Waals surface area contributed by atoms with Gasteiger partial charge in [-0.05, 0) is 13.0 Å². The monoisotopic (exact) mass is 263 g/mol. The van der Waals surface area contributed by atoms with Gasteiger partial charge in [-0.1, -0.05) is 6.07 Å². The van der Waals surface area contributed by atoms with Crippen molar-refractivity contribution in [1.29, 1.82) is 0 Å². The van der Waals surface area contributed by atoms with Crippen molar-refractivity contribution in [2.75, 3.05) is 6.61 Å². The van der Waals surface area contributed by atoms with Crippen LogP contribution in [-0.2, 0) is 0 Å². The third-order valence-electron chi connectivity index (χ3n) is 1.95. The molecule has 1 aromatic carbocycles. The van der Waals surface area contributed by atoms with Crippen LogP contribution in [0.25, 0.3) is 0 Å². The minimum absolute atomic E-state index is 0.256. The zero-order valence-electron chi connectivity index (χ0n) is 9.15. The van der Waals surface area contributed by atoms with Crippen LogP contribution in [0.15, 0.2) is 18.2 Å². The summed E-state index contributed by atoms with van der Waals surface area (Å²) in [6, 6.07) is 3.34. The molecule has 0 unspecified atom stereocenters. The van der Waals surface area contributed by atoms with Gasteiger partial charge in [0.15, 0.2) is 12.4 Å². The largest absolute Gasteiger partial charge is 0.477 e. The normalized spacial score (nSPS) is 11.1. The second-order valence-electron chi connectivity index (χ2n) is 3.37. The Kier molecular flexibility index (Phi) is 3.89. The third kappa shape index (κ3) is 3.44. The molecular weight excluding hydrogens is 255 g/mol. The average molecular weight is 263 g/mol. The molecular formula is C10H8F3NO4. The molecule has 0 aliphatic heterocycles. The number of hydrogen-bond acceptors (Lipinski definition) is 4. The van der Waals surface area contributed by atoms with Crippen molar-refractivity contribution in [2.24, 2.45) is 0 Å². The molecule has 0 aliphatic rings. The fraction of sp³-hybridized carbons (Fsp3) is 0.300. The van der Waals surface area contributed by atoms with Gasteiger partial charge in [-0.2, -0.15) is 13.2 Å². The Labute approximate surface area is 99.3 Å². The maximum absolute atomic E-state index is 12.0. The highest BCUT2D eigenvalue weighted by atomic mass is 19.4. The lowest BCUT2D eigenvalue weighted by molar-refractivity contribution is -0.386. The molecule has 0 saturated carbocycles. The number of hydrogen-bond donors (Lipinski definition) is 0. The minimum Gasteiger partial charge on any atom is -0.477 e. The SMILES string of the molecule is CC(=O)c1cccc([N+](=O)[O-])c1OCC(F)(F)F. The van der Waals surface area contributed by atoms with Crippen LogP contribution >= 0.6 is 0 Å². The van der Waals surface area contributed by atoms with E-state index < -0.39 is 34.9 Å². The van der Waals surface area contributed by atoms with Crippen LogP contribution < -0.4 is 4.74 Å². The minimum atomic E-state index is -4.64. The maximum Gasteiger partial charge on any atom is 0.422 e. The van der Waals surface area contributed by atoms with E-state index in [0.29, 0.717) is 0 Å². The standard InChI is InChI=1S/C10H8F3NO4/c1-6(15)7-3-2-4-8(14(16)17)9(7)18-5-10(11,12)13/h2-4H,5H2,1H3. The number of carbonyl (C=O) groups excluding carboxylic acids is 1. The van der Waals surface area contributed by atoms with Crippen LogP contribution in [0.4, 0.5) is 18.9 Å². The molecule has 0 heterocycles. The molecule has 18 heavy (non-hydrogen) atoms. The molecule has 1 rings (SSSR count). The zero-order valence-corrected chi connectivity index (χ0v) is 9.15. The first kappa shape index (κ1) is 13.9. The smallest absolute Gasteiger partial charge is 0.422 e. The van der Waals surface area contributed by atoms with Crippen molar-refractivity contribution in [2.45, 2.75) is 13.1 Å². The number of para-hydroxylation sites is 1. The fourth-order valence-corrected chi connectivity index (χ4v) is 1.25. The molecule has 5 nitrogen and oxygen atoms in total. The van der Waals surface area contributed by atoms with E-state index in [2.05, 4.69) is 4.74 Å². The highest BCUT2D eigenvalue weighted by molar-refractivity contribution is 5.98. The van der Waals surface area contributed by atoms with Crippen LogP contribution in [0, 0.1) is 10.1 Å². The summed E-state index contributed by atoms with van der Waals surface area (Å²) in [6.45, 7) is -0.613. The number of nitro benzene ring substituents is 1. The van der Waals surface area contributed by atoms with Crippen molar-refractivity contribution < 1.29 is 27.6 Å². The molecule has 0 atom stereocenters. The molecule has 0 aliphatic carbocycles. The lowest BCUT2D eigenvalue weighted by atomic mass is 10.1. The molecule has 0 saturated heterocycles. The van der Waals surface area contributed by atoms with Crippen molar-refractivity contribution in [3.63, 3.8) is 0 Å². The van der Waals surface area contributed by atoms with Gasteiger partial charge in [0.25, 0.3) is 0 Å². The number of alkyl halides is 3. The number of carbonyl (C=O) groups is 1. The van der Waals surface area contributed by atoms with Crippen LogP contribution in [0.1, 0.15) is 17.3 Å². The van der Waals surface area contributed by atoms with E-state index in [4.69, 9.17) is 0 Å². The molecule has 0 spiro atoms. The average Bonchev–Trinajstić information content (AvgIpc) is 2.24. The van der Waals surface area contributed by atoms with Gasteiger partial charge in [-0.25, -0.2) is 0 Å². The highest BCUT2D eigenvalue weighted by Crippen LogP contribution is 2.32. The molecule has 0 amide bonds. The molecule has 8 heteroatoms. The summed E-state index contributed by atoms with van der Waals surface area (Å²) in [7, 11) is 0. The molecule has 0 bridgehead atoms. The van der Waals surface area contributed by atoms with Crippen LogP contribution in [0.3, 0.4) is 0 Å². The van der Waals surface area contributed by atoms with E-state index >= 15 is 0 Å². The second kappa shape index (κ2) is 5.03. The number of ketones is 1. The van der Waals surface area contributed by atoms with Gasteiger partial charge < -0.3 is 4.74 Å². The quantitative estimate of drug-likeness (QED) is 0.475. The Morgan fingerprint density at radius 2 is 2.06 bits per heavy atom. The van der Waals surface area contributed by atoms with E-state index in [1.165, 1.54) is 12.1 Å². The Balaban J connectivity index is 3.19. The first-order chi connectivity index (χ1) is 8.22. The van der Waals surface area contributed by atoms with E-state index in [9.17, 15) is 28.1 Å². The highest BCUT2D eigenvalue weighted by Gasteiger charge is 2.31. The van der Waals surface area contributed by atoms with Crippen molar-refractivity contribution in [1.82, 2.24) is 0 Å². The Morgan fingerprint density at radius 1 is 1.44 bits per heavy atom. The number of nitro groups is 1. The number of nitrogens with zero attached hydrogens (tertiary/aromatic N) is 1. The van der Waals surface area contributed by atoms with Crippen LogP contribution in [0.2, 0.25) is 0 Å². The number of Topliss-reactive ketones (excluding diaryl/α,β-unsaturated/α-hetero) is 1. The number of benzene rings is 1. The van der Waals surface area contributed by atoms with E-state index in [1.54, 1.807) is 0 Å². The first-order valence-electron chi connectivity index (χ1n) is 4.70. The predicted molar refractivity (Wildman–Crippen MR) is 54.7 cm³/mol. The summed E-state index contributed by atoms with van der Waals surface area (Å²) >= 11 is 0. The van der Waals surface area contributed by atoms with Gasteiger partial charge in [-0.15, -0.1) is 0 Å². The van der Waals surface area contributed by atoms with E-state index in [0.717, 1.165) is 13.0 Å². The summed E-state index contributed by atoms with van der Waals surface area (Å²) in [5.74, 6) is -1.27. The van der Waals surface area contributed by atoms with Gasteiger partial charge in [0.1, 0.15) is 0 Å². The summed E-state index contributed by atoms with van der Waals surface area (Å²) in [6.07, 6.45) is -4.64. The Hall–Kier alpha value is -2.12. The molecule has 0 N–H and O–H groups in total. The third-order valence-corrected chi connectivity index (χ3v) is 1.95. The first-order valence-corrected chi connectivity index (χ1v) is 4.70. The van der Waals surface area contributed by atoms with Crippen LogP contribution in [0.5, 0.6) is 5.75 Å². The summed E-state index contributed by atoms with van der Waals surface area (Å²) < 4.78 is 40.4. The summed E-state index contributed by atoms with van der Waals surface area (Å²) in [5, 5.41) is 10.7. The topological polar surface area (TPSA) is 69.4 Å². The van der Waals surface area contributed by atoms with Crippen molar-refractivity contribution >= 4 is 11.5 Å². The predicted octanol–water partition coefficient (Wildman–Crippen LogP) is 2.74. The fourth-order valence-electron chi connectivity index (χ4n) is 1.25. The molecule has 98 valence electrons. The lowest BCUT2D eigenvalue weighted by Gasteiger charge is -2.11. The van der Waals surface area contributed by atoms with Gasteiger partial charge in [-0.3, -0.25) is 14.9 Å². The van der Waals surface area contributed by atoms with Gasteiger partial charge in [0.05, 0.1) is 10.5 Å². The Bertz CT molecular complexity index is 452. The molecule has 1 aromatic rings. The molecule has 0 aromatic heterocycles. The lowest BCUT2D eigenvalue weighted by Crippen LogP contribution is -2.20. The van der Waals surface area contributed by atoms with Crippen LogP contribution in [-0.4, -0.2) is 23.5 Å². The zero-order chi connectivity index (χ0) is 13.9. The van der Waals surface area contributed by atoms with Crippen molar-refractivity contribution in [3.8, 4) is 5.75 Å². The van der Waals surface area contributed by atoms with E-state index in [-0.39, 0.29) is 5.56 Å². The molecule has 0 radical (unpaired) electrons. The maximum atomic E-state index is 12.0. The molecule has 0 fully saturated rings.